The summed E-state index contributed by atoms with van der Waals surface area (Å²) in [5.74, 6) is 0.939. The number of hydrogen-bond acceptors (Lipinski definition) is 1. The number of fused-ring (bicyclic) bond motifs is 3. The standard InChI is InChI=1S/C15H12O.ClH/c1-16-15-10-11-6-2-3-7-12(11)13-8-4-5-9-14(13)15;/h2-10H,1H3;1H. The average molecular weight is 245 g/mol. The number of ether oxygens (including phenoxy) is 1. The maximum absolute atomic E-state index is 5.44. The van der Waals surface area contributed by atoms with Crippen LogP contribution in [0.1, 0.15) is 0 Å². The lowest BCUT2D eigenvalue weighted by atomic mass is 10.0. The van der Waals surface area contributed by atoms with Gasteiger partial charge in [-0.15, -0.1) is 12.4 Å². The Balaban J connectivity index is 0.00000108. The molecule has 0 aromatic heterocycles. The monoisotopic (exact) mass is 244 g/mol. The smallest absolute Gasteiger partial charge is 0.127 e. The van der Waals surface area contributed by atoms with Crippen molar-refractivity contribution in [2.24, 2.45) is 0 Å². The van der Waals surface area contributed by atoms with E-state index in [1.165, 1.54) is 21.5 Å². The molecule has 3 aromatic carbocycles. The minimum absolute atomic E-state index is 0. The van der Waals surface area contributed by atoms with Crippen molar-refractivity contribution in [1.82, 2.24) is 0 Å². The largest absolute Gasteiger partial charge is 0.496 e. The second-order valence-corrected chi connectivity index (χ2v) is 3.85. The minimum Gasteiger partial charge on any atom is -0.496 e. The fourth-order valence-electron chi connectivity index (χ4n) is 2.19. The van der Waals surface area contributed by atoms with Crippen molar-refractivity contribution < 1.29 is 4.74 Å². The van der Waals surface area contributed by atoms with E-state index in [9.17, 15) is 0 Å². The van der Waals surface area contributed by atoms with E-state index in [2.05, 4.69) is 48.5 Å². The van der Waals surface area contributed by atoms with Crippen LogP contribution in [0.5, 0.6) is 5.75 Å². The molecule has 0 aliphatic heterocycles. The lowest BCUT2D eigenvalue weighted by molar-refractivity contribution is 0.420. The van der Waals surface area contributed by atoms with Crippen LogP contribution in [0, 0.1) is 0 Å². The van der Waals surface area contributed by atoms with Gasteiger partial charge in [-0.3, -0.25) is 0 Å². The molecule has 17 heavy (non-hydrogen) atoms. The normalized spacial score (nSPS) is 10.2. The summed E-state index contributed by atoms with van der Waals surface area (Å²) in [5.41, 5.74) is 0. The predicted octanol–water partition coefficient (Wildman–Crippen LogP) is 4.42. The molecular weight excluding hydrogens is 232 g/mol. The highest BCUT2D eigenvalue weighted by Crippen LogP contribution is 2.32. The van der Waals surface area contributed by atoms with Crippen LogP contribution in [0.4, 0.5) is 0 Å². The van der Waals surface area contributed by atoms with Gasteiger partial charge in [-0.25, -0.2) is 0 Å². The van der Waals surface area contributed by atoms with Gasteiger partial charge in [-0.1, -0.05) is 48.5 Å². The summed E-state index contributed by atoms with van der Waals surface area (Å²) in [5, 5.41) is 4.91. The molecule has 0 radical (unpaired) electrons. The summed E-state index contributed by atoms with van der Waals surface area (Å²) < 4.78 is 5.44. The molecule has 0 saturated carbocycles. The highest BCUT2D eigenvalue weighted by Gasteiger charge is 2.05. The van der Waals surface area contributed by atoms with Crippen molar-refractivity contribution >= 4 is 34.0 Å². The zero-order valence-electron chi connectivity index (χ0n) is 9.51. The quantitative estimate of drug-likeness (QED) is 0.576. The van der Waals surface area contributed by atoms with E-state index >= 15 is 0 Å². The van der Waals surface area contributed by atoms with Crippen LogP contribution >= 0.6 is 12.4 Å². The molecule has 0 saturated heterocycles. The minimum atomic E-state index is 0. The van der Waals surface area contributed by atoms with E-state index in [1.54, 1.807) is 7.11 Å². The summed E-state index contributed by atoms with van der Waals surface area (Å²) in [6.45, 7) is 0. The molecule has 0 unspecified atom stereocenters. The fraction of sp³-hybridized carbons (Fsp3) is 0.0667. The third-order valence-corrected chi connectivity index (χ3v) is 2.95. The van der Waals surface area contributed by atoms with Crippen molar-refractivity contribution in [2.45, 2.75) is 0 Å². The molecule has 0 spiro atoms. The fourth-order valence-corrected chi connectivity index (χ4v) is 2.19. The molecule has 0 bridgehead atoms. The summed E-state index contributed by atoms with van der Waals surface area (Å²) in [6.07, 6.45) is 0. The van der Waals surface area contributed by atoms with Gasteiger partial charge in [0.2, 0.25) is 0 Å². The third kappa shape index (κ3) is 1.83. The molecule has 2 heteroatoms. The van der Waals surface area contributed by atoms with Crippen LogP contribution < -0.4 is 4.74 Å². The first-order valence-electron chi connectivity index (χ1n) is 5.34. The van der Waals surface area contributed by atoms with Crippen molar-refractivity contribution in [1.29, 1.82) is 0 Å². The van der Waals surface area contributed by atoms with Crippen LogP contribution in [-0.2, 0) is 0 Å². The lowest BCUT2D eigenvalue weighted by Crippen LogP contribution is -1.86. The van der Waals surface area contributed by atoms with E-state index in [1.807, 2.05) is 6.07 Å². The SMILES string of the molecule is COc1cc2ccccc2c2ccccc12.Cl. The van der Waals surface area contributed by atoms with Crippen molar-refractivity contribution in [3.05, 3.63) is 54.6 Å². The van der Waals surface area contributed by atoms with Gasteiger partial charge in [-0.05, 0) is 22.2 Å². The van der Waals surface area contributed by atoms with E-state index < -0.39 is 0 Å². The molecule has 0 amide bonds. The molecule has 0 heterocycles. The van der Waals surface area contributed by atoms with Gasteiger partial charge in [-0.2, -0.15) is 0 Å². The molecule has 86 valence electrons. The summed E-state index contributed by atoms with van der Waals surface area (Å²) in [4.78, 5) is 0. The maximum atomic E-state index is 5.44. The first-order valence-corrected chi connectivity index (χ1v) is 5.34. The highest BCUT2D eigenvalue weighted by atomic mass is 35.5. The number of benzene rings is 3. The Bertz CT molecular complexity index is 661. The Hall–Kier alpha value is -1.73. The molecule has 0 aliphatic carbocycles. The van der Waals surface area contributed by atoms with Gasteiger partial charge in [0.15, 0.2) is 0 Å². The zero-order valence-corrected chi connectivity index (χ0v) is 10.3. The second kappa shape index (κ2) is 4.64. The predicted molar refractivity (Wildman–Crippen MR) is 75.3 cm³/mol. The van der Waals surface area contributed by atoms with Crippen molar-refractivity contribution in [3.63, 3.8) is 0 Å². The van der Waals surface area contributed by atoms with Crippen molar-refractivity contribution in [3.8, 4) is 5.75 Å². The molecule has 0 aliphatic rings. The van der Waals surface area contributed by atoms with Gasteiger partial charge >= 0.3 is 0 Å². The van der Waals surface area contributed by atoms with E-state index in [0.717, 1.165) is 5.75 Å². The van der Waals surface area contributed by atoms with E-state index in [-0.39, 0.29) is 12.4 Å². The molecule has 3 rings (SSSR count). The zero-order chi connectivity index (χ0) is 11.0. The Morgan fingerprint density at radius 1 is 0.765 bits per heavy atom. The molecule has 3 aromatic rings. The second-order valence-electron chi connectivity index (χ2n) is 3.85. The first kappa shape index (κ1) is 11.7. The molecule has 0 fully saturated rings. The van der Waals surface area contributed by atoms with Crippen LogP contribution in [0.25, 0.3) is 21.5 Å². The van der Waals surface area contributed by atoms with E-state index in [4.69, 9.17) is 4.74 Å². The Labute approximate surface area is 106 Å². The van der Waals surface area contributed by atoms with Crippen LogP contribution in [0.3, 0.4) is 0 Å². The van der Waals surface area contributed by atoms with Crippen LogP contribution in [-0.4, -0.2) is 7.11 Å². The van der Waals surface area contributed by atoms with Gasteiger partial charge < -0.3 is 4.74 Å². The molecule has 0 atom stereocenters. The van der Waals surface area contributed by atoms with Crippen LogP contribution in [0.15, 0.2) is 54.6 Å². The van der Waals surface area contributed by atoms with Crippen LogP contribution in [0.2, 0.25) is 0 Å². The number of hydrogen-bond donors (Lipinski definition) is 0. The van der Waals surface area contributed by atoms with Gasteiger partial charge in [0.05, 0.1) is 7.11 Å². The summed E-state index contributed by atoms with van der Waals surface area (Å²) in [6, 6.07) is 18.8. The average Bonchev–Trinajstić information content (AvgIpc) is 2.38. The highest BCUT2D eigenvalue weighted by molar-refractivity contribution is 6.10. The first-order chi connectivity index (χ1) is 7.90. The topological polar surface area (TPSA) is 9.23 Å². The molecule has 1 nitrogen and oxygen atoms in total. The van der Waals surface area contributed by atoms with Gasteiger partial charge in [0.25, 0.3) is 0 Å². The number of rotatable bonds is 1. The summed E-state index contributed by atoms with van der Waals surface area (Å²) in [7, 11) is 1.72. The Morgan fingerprint density at radius 2 is 1.35 bits per heavy atom. The van der Waals surface area contributed by atoms with E-state index in [0.29, 0.717) is 0 Å². The number of halogens is 1. The number of methoxy groups -OCH3 is 1. The Kier molecular flexibility index (Phi) is 3.21. The molecule has 0 N–H and O–H groups in total. The Morgan fingerprint density at radius 3 is 2.06 bits per heavy atom. The third-order valence-electron chi connectivity index (χ3n) is 2.95. The van der Waals surface area contributed by atoms with Gasteiger partial charge in [0.1, 0.15) is 5.75 Å². The van der Waals surface area contributed by atoms with Crippen molar-refractivity contribution in [2.75, 3.05) is 7.11 Å². The lowest BCUT2D eigenvalue weighted by Gasteiger charge is -2.08. The summed E-state index contributed by atoms with van der Waals surface area (Å²) >= 11 is 0. The molecular formula is C15H13ClO. The van der Waals surface area contributed by atoms with Gasteiger partial charge in [0, 0.05) is 5.39 Å². The maximum Gasteiger partial charge on any atom is 0.127 e.